The summed E-state index contributed by atoms with van der Waals surface area (Å²) in [5.41, 5.74) is 0. The molecule has 0 aromatic carbocycles. The average Bonchev–Trinajstić information content (AvgIpc) is 3.30. The molecule has 0 unspecified atom stereocenters. The Morgan fingerprint density at radius 3 is 1.00 bits per heavy atom. The van der Waals surface area contributed by atoms with E-state index in [0.717, 1.165) is 103 Å². The summed E-state index contributed by atoms with van der Waals surface area (Å²) in [6.45, 7) is 6.47. The molecule has 0 aromatic heterocycles. The number of allylic oxidation sites excluding steroid dienone is 12. The number of ether oxygens (including phenoxy) is 3. The predicted octanol–water partition coefficient (Wildman–Crippen LogP) is 18.2. The van der Waals surface area contributed by atoms with Gasteiger partial charge in [0.2, 0.25) is 0 Å². The van der Waals surface area contributed by atoms with Gasteiger partial charge < -0.3 is 14.2 Å². The SMILES string of the molecule is CC/C=C\C/C=C\C/C=C\C/C=C\CCCCC(=O)O[C@H](COC(=O)CCCCCCC/C=C\C/C=C\CCCCC)COC(=O)CCCCCCCCCCCCCCCCCCC. The van der Waals surface area contributed by atoms with Crippen LogP contribution in [0.2, 0.25) is 0 Å². The van der Waals surface area contributed by atoms with E-state index in [-0.39, 0.29) is 37.5 Å². The monoisotopic (exact) mass is 907 g/mol. The highest BCUT2D eigenvalue weighted by atomic mass is 16.6. The Hall–Kier alpha value is -3.15. The van der Waals surface area contributed by atoms with Crippen LogP contribution in [-0.4, -0.2) is 37.2 Å². The van der Waals surface area contributed by atoms with E-state index in [1.54, 1.807) is 0 Å². The molecule has 0 aliphatic heterocycles. The fraction of sp³-hybridized carbons (Fsp3) is 0.746. The number of hydrogen-bond acceptors (Lipinski definition) is 6. The van der Waals surface area contributed by atoms with Crippen LogP contribution < -0.4 is 0 Å². The maximum absolute atomic E-state index is 12.8. The van der Waals surface area contributed by atoms with Crippen LogP contribution >= 0.6 is 0 Å². The molecule has 0 radical (unpaired) electrons. The first kappa shape index (κ1) is 61.9. The van der Waals surface area contributed by atoms with E-state index in [2.05, 4.69) is 93.7 Å². The molecule has 0 aliphatic carbocycles. The summed E-state index contributed by atoms with van der Waals surface area (Å²) in [7, 11) is 0. The predicted molar refractivity (Wildman–Crippen MR) is 279 cm³/mol. The van der Waals surface area contributed by atoms with Crippen molar-refractivity contribution in [3.8, 4) is 0 Å². The maximum Gasteiger partial charge on any atom is 0.306 e. The van der Waals surface area contributed by atoms with Crippen LogP contribution in [0.3, 0.4) is 0 Å². The van der Waals surface area contributed by atoms with Crippen LogP contribution in [-0.2, 0) is 28.6 Å². The fourth-order valence-electron chi connectivity index (χ4n) is 7.58. The highest BCUT2D eigenvalue weighted by Gasteiger charge is 2.19. The summed E-state index contributed by atoms with van der Waals surface area (Å²) < 4.78 is 16.8. The van der Waals surface area contributed by atoms with Gasteiger partial charge in [-0.2, -0.15) is 0 Å². The second-order valence-electron chi connectivity index (χ2n) is 18.1. The Bertz CT molecular complexity index is 1230. The van der Waals surface area contributed by atoms with Crippen LogP contribution in [0, 0.1) is 0 Å². The van der Waals surface area contributed by atoms with Gasteiger partial charge in [0.05, 0.1) is 0 Å². The van der Waals surface area contributed by atoms with Crippen LogP contribution in [0.5, 0.6) is 0 Å². The van der Waals surface area contributed by atoms with E-state index >= 15 is 0 Å². The van der Waals surface area contributed by atoms with E-state index in [0.29, 0.717) is 19.3 Å². The van der Waals surface area contributed by atoms with Gasteiger partial charge in [-0.25, -0.2) is 0 Å². The summed E-state index contributed by atoms with van der Waals surface area (Å²) >= 11 is 0. The summed E-state index contributed by atoms with van der Waals surface area (Å²) in [6, 6.07) is 0. The number of rotatable bonds is 49. The molecule has 374 valence electrons. The molecule has 0 aromatic rings. The summed E-state index contributed by atoms with van der Waals surface area (Å²) in [5.74, 6) is -0.944. The topological polar surface area (TPSA) is 78.9 Å². The minimum absolute atomic E-state index is 0.0948. The molecule has 0 bridgehead atoms. The molecule has 65 heavy (non-hydrogen) atoms. The van der Waals surface area contributed by atoms with Crippen LogP contribution in [0.25, 0.3) is 0 Å². The van der Waals surface area contributed by atoms with Gasteiger partial charge in [-0.05, 0) is 89.9 Å². The molecule has 0 aliphatic rings. The highest BCUT2D eigenvalue weighted by molar-refractivity contribution is 5.71. The van der Waals surface area contributed by atoms with Crippen molar-refractivity contribution in [2.45, 2.75) is 271 Å². The molecule has 0 fully saturated rings. The normalized spacial score (nSPS) is 12.6. The minimum atomic E-state index is -0.801. The number of carbonyl (C=O) groups is 3. The van der Waals surface area contributed by atoms with E-state index in [9.17, 15) is 14.4 Å². The van der Waals surface area contributed by atoms with E-state index in [4.69, 9.17) is 14.2 Å². The van der Waals surface area contributed by atoms with Crippen LogP contribution in [0.1, 0.15) is 265 Å². The van der Waals surface area contributed by atoms with E-state index in [1.165, 1.54) is 116 Å². The van der Waals surface area contributed by atoms with Crippen molar-refractivity contribution >= 4 is 17.9 Å². The number of esters is 3. The van der Waals surface area contributed by atoms with Gasteiger partial charge in [0.25, 0.3) is 0 Å². The highest BCUT2D eigenvalue weighted by Crippen LogP contribution is 2.15. The van der Waals surface area contributed by atoms with Gasteiger partial charge in [0.15, 0.2) is 6.10 Å². The summed E-state index contributed by atoms with van der Waals surface area (Å²) in [5, 5.41) is 0. The smallest absolute Gasteiger partial charge is 0.306 e. The molecule has 0 rings (SSSR count). The van der Waals surface area contributed by atoms with Crippen molar-refractivity contribution in [2.24, 2.45) is 0 Å². The molecule has 0 heterocycles. The first-order valence-electron chi connectivity index (χ1n) is 27.4. The van der Waals surface area contributed by atoms with Crippen molar-refractivity contribution < 1.29 is 28.6 Å². The van der Waals surface area contributed by atoms with Gasteiger partial charge in [0, 0.05) is 19.3 Å². The van der Waals surface area contributed by atoms with Crippen molar-refractivity contribution in [2.75, 3.05) is 13.2 Å². The second-order valence-corrected chi connectivity index (χ2v) is 18.1. The molecule has 0 spiro atoms. The standard InChI is InChI=1S/C59H102O6/c1-4-7-10-13-16-19-22-25-28-29-32-34-37-40-43-46-49-52-58(61)64-55-56(65-59(62)53-50-47-44-41-38-35-31-27-24-21-18-15-12-9-6-3)54-63-57(60)51-48-45-42-39-36-33-30-26-23-20-17-14-11-8-5-2/h9,12,17-18,20-21,26-27,30-31,38,41,56H,4-8,10-11,13-16,19,22-25,28-29,32-37,39-40,42-55H2,1-3H3/b12-9-,20-17-,21-18-,30-26-,31-27-,41-38-/t56-/m1/s1. The van der Waals surface area contributed by atoms with E-state index in [1.807, 2.05) is 0 Å². The molecule has 0 N–H and O–H groups in total. The lowest BCUT2D eigenvalue weighted by Crippen LogP contribution is -2.30. The van der Waals surface area contributed by atoms with Crippen molar-refractivity contribution in [1.82, 2.24) is 0 Å². The Morgan fingerprint density at radius 2 is 0.600 bits per heavy atom. The quantitative estimate of drug-likeness (QED) is 0.0262. The molecule has 0 amide bonds. The molecule has 6 heteroatoms. The number of unbranched alkanes of at least 4 members (excludes halogenated alkanes) is 26. The molecular weight excluding hydrogens is 805 g/mol. The van der Waals surface area contributed by atoms with Gasteiger partial charge in [0.1, 0.15) is 13.2 Å². The minimum Gasteiger partial charge on any atom is -0.462 e. The number of carbonyl (C=O) groups excluding carboxylic acids is 3. The lowest BCUT2D eigenvalue weighted by Gasteiger charge is -2.18. The Labute approximate surface area is 402 Å². The fourth-order valence-corrected chi connectivity index (χ4v) is 7.58. The van der Waals surface area contributed by atoms with Crippen LogP contribution in [0.15, 0.2) is 72.9 Å². The average molecular weight is 907 g/mol. The van der Waals surface area contributed by atoms with Crippen LogP contribution in [0.4, 0.5) is 0 Å². The molecule has 1 atom stereocenters. The lowest BCUT2D eigenvalue weighted by atomic mass is 10.0. The third-order valence-corrected chi connectivity index (χ3v) is 11.7. The third kappa shape index (κ3) is 51.7. The zero-order valence-corrected chi connectivity index (χ0v) is 42.7. The molecule has 0 saturated heterocycles. The van der Waals surface area contributed by atoms with Gasteiger partial charge in [-0.1, -0.05) is 229 Å². The Morgan fingerprint density at radius 1 is 0.323 bits per heavy atom. The largest absolute Gasteiger partial charge is 0.462 e. The molecule has 0 saturated carbocycles. The first-order chi connectivity index (χ1) is 32.0. The molecular formula is C59H102O6. The Balaban J connectivity index is 4.44. The van der Waals surface area contributed by atoms with Crippen molar-refractivity contribution in [3.63, 3.8) is 0 Å². The summed E-state index contributed by atoms with van der Waals surface area (Å²) in [4.78, 5) is 38.1. The van der Waals surface area contributed by atoms with Gasteiger partial charge in [-0.3, -0.25) is 14.4 Å². The van der Waals surface area contributed by atoms with Crippen molar-refractivity contribution in [3.05, 3.63) is 72.9 Å². The number of hydrogen-bond donors (Lipinski definition) is 0. The Kier molecular flexibility index (Phi) is 50.9. The second kappa shape index (κ2) is 53.5. The summed E-state index contributed by atoms with van der Waals surface area (Å²) in [6.07, 6.45) is 67.5. The lowest BCUT2D eigenvalue weighted by molar-refractivity contribution is -0.167. The third-order valence-electron chi connectivity index (χ3n) is 11.7. The van der Waals surface area contributed by atoms with E-state index < -0.39 is 6.10 Å². The van der Waals surface area contributed by atoms with Gasteiger partial charge >= 0.3 is 17.9 Å². The first-order valence-corrected chi connectivity index (χ1v) is 27.4. The maximum atomic E-state index is 12.8. The van der Waals surface area contributed by atoms with Gasteiger partial charge in [-0.15, -0.1) is 0 Å². The molecule has 6 nitrogen and oxygen atoms in total. The zero-order valence-electron chi connectivity index (χ0n) is 42.7. The zero-order chi connectivity index (χ0) is 47.2. The van der Waals surface area contributed by atoms with Crippen molar-refractivity contribution in [1.29, 1.82) is 0 Å².